The molecule has 112 valence electrons. The Morgan fingerprint density at radius 3 is 2.29 bits per heavy atom. The quantitative estimate of drug-likeness (QED) is 0.646. The van der Waals surface area contributed by atoms with Gasteiger partial charge in [0, 0.05) is 26.1 Å². The zero-order chi connectivity index (χ0) is 15.6. The van der Waals surface area contributed by atoms with Crippen molar-refractivity contribution in [2.45, 2.75) is 32.4 Å². The van der Waals surface area contributed by atoms with E-state index in [4.69, 9.17) is 23.2 Å². The Bertz CT molecular complexity index is 623. The van der Waals surface area contributed by atoms with Crippen molar-refractivity contribution in [3.63, 3.8) is 0 Å². The predicted molar refractivity (Wildman–Crippen MR) is 95.2 cm³/mol. The van der Waals surface area contributed by atoms with Gasteiger partial charge in [0.25, 0.3) is 0 Å². The van der Waals surface area contributed by atoms with Crippen LogP contribution in [0.2, 0.25) is 10.0 Å². The van der Waals surface area contributed by atoms with E-state index in [-0.39, 0.29) is 11.6 Å². The van der Waals surface area contributed by atoms with Gasteiger partial charge in [-0.3, -0.25) is 0 Å². The maximum atomic E-state index is 6.28. The van der Waals surface area contributed by atoms with Gasteiger partial charge in [-0.25, -0.2) is 0 Å². The molecule has 2 rings (SSSR count). The number of halogens is 3. The van der Waals surface area contributed by atoms with Crippen LogP contribution < -0.4 is 5.32 Å². The van der Waals surface area contributed by atoms with Crippen LogP contribution in [0.15, 0.2) is 46.9 Å². The minimum atomic E-state index is -0.175. The molecule has 0 aliphatic rings. The molecule has 1 nitrogen and oxygen atoms in total. The van der Waals surface area contributed by atoms with Gasteiger partial charge in [0.2, 0.25) is 0 Å². The average molecular weight is 387 g/mol. The summed E-state index contributed by atoms with van der Waals surface area (Å²) in [5.41, 5.74) is 2.05. The molecule has 4 heteroatoms. The predicted octanol–water partition coefficient (Wildman–Crippen LogP) is 6.34. The van der Waals surface area contributed by atoms with E-state index in [2.05, 4.69) is 66.3 Å². The summed E-state index contributed by atoms with van der Waals surface area (Å²) in [4.78, 5) is 0. The summed E-state index contributed by atoms with van der Waals surface area (Å²) < 4.78 is 1.08. The molecule has 1 N–H and O–H groups in total. The number of hydrogen-bond acceptors (Lipinski definition) is 1. The third-order valence-electron chi connectivity index (χ3n) is 3.57. The molecule has 0 heterocycles. The summed E-state index contributed by atoms with van der Waals surface area (Å²) >= 11 is 15.8. The fourth-order valence-corrected chi connectivity index (χ4v) is 3.14. The SMILES string of the molecule is CC(NC(C)(C)c1ccc(Br)cc1)c1cc(Cl)ccc1Cl. The van der Waals surface area contributed by atoms with Crippen molar-refractivity contribution in [1.29, 1.82) is 0 Å². The number of rotatable bonds is 4. The van der Waals surface area contributed by atoms with Crippen LogP contribution in [0.1, 0.15) is 37.9 Å². The highest BCUT2D eigenvalue weighted by molar-refractivity contribution is 9.10. The Morgan fingerprint density at radius 1 is 1.05 bits per heavy atom. The van der Waals surface area contributed by atoms with Gasteiger partial charge in [0.1, 0.15) is 0 Å². The highest BCUT2D eigenvalue weighted by Gasteiger charge is 2.24. The number of nitrogens with one attached hydrogen (secondary N) is 1. The van der Waals surface area contributed by atoms with Crippen molar-refractivity contribution in [1.82, 2.24) is 5.32 Å². The van der Waals surface area contributed by atoms with Crippen LogP contribution >= 0.6 is 39.1 Å². The molecule has 0 aliphatic heterocycles. The largest absolute Gasteiger partial charge is 0.301 e. The summed E-state index contributed by atoms with van der Waals surface area (Å²) in [6.07, 6.45) is 0. The van der Waals surface area contributed by atoms with Crippen LogP contribution in [-0.4, -0.2) is 0 Å². The van der Waals surface area contributed by atoms with Gasteiger partial charge in [-0.15, -0.1) is 0 Å². The molecule has 0 bridgehead atoms. The second-order valence-corrected chi connectivity index (χ2v) is 7.42. The zero-order valence-corrected chi connectivity index (χ0v) is 15.4. The van der Waals surface area contributed by atoms with Crippen molar-refractivity contribution >= 4 is 39.1 Å². The van der Waals surface area contributed by atoms with Crippen molar-refractivity contribution in [2.24, 2.45) is 0 Å². The van der Waals surface area contributed by atoms with Crippen molar-refractivity contribution in [3.05, 3.63) is 68.1 Å². The van der Waals surface area contributed by atoms with Gasteiger partial charge < -0.3 is 5.32 Å². The highest BCUT2D eigenvalue weighted by atomic mass is 79.9. The minimum Gasteiger partial charge on any atom is -0.301 e. The Morgan fingerprint density at radius 2 is 1.67 bits per heavy atom. The van der Waals surface area contributed by atoms with E-state index in [1.54, 1.807) is 6.07 Å². The molecule has 21 heavy (non-hydrogen) atoms. The van der Waals surface area contributed by atoms with Crippen LogP contribution in [0.25, 0.3) is 0 Å². The molecule has 0 saturated carbocycles. The third kappa shape index (κ3) is 4.23. The first kappa shape index (κ1) is 16.8. The lowest BCUT2D eigenvalue weighted by molar-refractivity contribution is 0.357. The molecule has 0 saturated heterocycles. The lowest BCUT2D eigenvalue weighted by Gasteiger charge is -2.31. The van der Waals surface area contributed by atoms with E-state index in [0.29, 0.717) is 5.02 Å². The van der Waals surface area contributed by atoms with Crippen molar-refractivity contribution in [3.8, 4) is 0 Å². The molecular weight excluding hydrogens is 369 g/mol. The molecule has 0 aromatic heterocycles. The fraction of sp³-hybridized carbons (Fsp3) is 0.294. The van der Waals surface area contributed by atoms with Gasteiger partial charge >= 0.3 is 0 Å². The molecule has 0 amide bonds. The fourth-order valence-electron chi connectivity index (χ4n) is 2.42. The molecule has 0 aliphatic carbocycles. The van der Waals surface area contributed by atoms with Gasteiger partial charge in [0.15, 0.2) is 0 Å². The molecule has 1 unspecified atom stereocenters. The highest BCUT2D eigenvalue weighted by Crippen LogP contribution is 2.30. The van der Waals surface area contributed by atoms with E-state index >= 15 is 0 Å². The topological polar surface area (TPSA) is 12.0 Å². The van der Waals surface area contributed by atoms with Crippen LogP contribution in [0.3, 0.4) is 0 Å². The Labute approximate surface area is 144 Å². The Balaban J connectivity index is 2.23. The molecule has 0 radical (unpaired) electrons. The summed E-state index contributed by atoms with van der Waals surface area (Å²) in [5, 5.41) is 5.04. The van der Waals surface area contributed by atoms with E-state index in [1.807, 2.05) is 12.1 Å². The first-order valence-electron chi connectivity index (χ1n) is 6.78. The van der Waals surface area contributed by atoms with E-state index in [9.17, 15) is 0 Å². The van der Waals surface area contributed by atoms with Crippen LogP contribution in [0.5, 0.6) is 0 Å². The summed E-state index contributed by atoms with van der Waals surface area (Å²) in [6.45, 7) is 6.41. The smallest absolute Gasteiger partial charge is 0.0454 e. The monoisotopic (exact) mass is 385 g/mol. The van der Waals surface area contributed by atoms with Gasteiger partial charge in [0.05, 0.1) is 0 Å². The van der Waals surface area contributed by atoms with Crippen LogP contribution in [-0.2, 0) is 5.54 Å². The van der Waals surface area contributed by atoms with Gasteiger partial charge in [-0.1, -0.05) is 51.3 Å². The Kier molecular flexibility index (Phi) is 5.37. The van der Waals surface area contributed by atoms with Crippen LogP contribution in [0.4, 0.5) is 0 Å². The summed E-state index contributed by atoms with van der Waals surface area (Å²) in [6, 6.07) is 14.0. The van der Waals surface area contributed by atoms with Crippen LogP contribution in [0, 0.1) is 0 Å². The number of benzene rings is 2. The molecule has 2 aromatic rings. The summed E-state index contributed by atoms with van der Waals surface area (Å²) in [7, 11) is 0. The van der Waals surface area contributed by atoms with Crippen molar-refractivity contribution in [2.75, 3.05) is 0 Å². The van der Waals surface area contributed by atoms with E-state index in [0.717, 1.165) is 15.1 Å². The molecule has 0 spiro atoms. The summed E-state index contributed by atoms with van der Waals surface area (Å²) in [5.74, 6) is 0. The normalized spacial score (nSPS) is 13.2. The molecule has 1 atom stereocenters. The van der Waals surface area contributed by atoms with E-state index in [1.165, 1.54) is 5.56 Å². The lowest BCUT2D eigenvalue weighted by Crippen LogP contribution is -2.38. The zero-order valence-electron chi connectivity index (χ0n) is 12.3. The van der Waals surface area contributed by atoms with Gasteiger partial charge in [-0.2, -0.15) is 0 Å². The van der Waals surface area contributed by atoms with Gasteiger partial charge in [-0.05, 0) is 62.2 Å². The minimum absolute atomic E-state index is 0.0925. The van der Waals surface area contributed by atoms with Crippen molar-refractivity contribution < 1.29 is 0 Å². The lowest BCUT2D eigenvalue weighted by atomic mass is 9.92. The first-order chi connectivity index (χ1) is 9.79. The second-order valence-electron chi connectivity index (χ2n) is 5.66. The molecule has 0 fully saturated rings. The maximum Gasteiger partial charge on any atom is 0.0454 e. The van der Waals surface area contributed by atoms with E-state index < -0.39 is 0 Å². The maximum absolute atomic E-state index is 6.28. The standard InChI is InChI=1S/C17H18BrCl2N/c1-11(15-10-14(19)8-9-16(15)20)21-17(2,3)12-4-6-13(18)7-5-12/h4-11,21H,1-3H3. The Hall–Kier alpha value is -0.540. The molecular formula is C17H18BrCl2N. The number of hydrogen-bond donors (Lipinski definition) is 1. The average Bonchev–Trinajstić information content (AvgIpc) is 2.41. The first-order valence-corrected chi connectivity index (χ1v) is 8.33. The molecule has 2 aromatic carbocycles. The third-order valence-corrected chi connectivity index (χ3v) is 4.68. The second kappa shape index (κ2) is 6.70.